The summed E-state index contributed by atoms with van der Waals surface area (Å²) in [5.41, 5.74) is 3.97. The first kappa shape index (κ1) is 22.2. The van der Waals surface area contributed by atoms with E-state index in [9.17, 15) is 0 Å². The van der Waals surface area contributed by atoms with Crippen molar-refractivity contribution in [1.29, 1.82) is 0 Å². The van der Waals surface area contributed by atoms with Crippen LogP contribution >= 0.6 is 24.0 Å². The van der Waals surface area contributed by atoms with Crippen LogP contribution in [0.2, 0.25) is 0 Å². The van der Waals surface area contributed by atoms with E-state index in [1.54, 1.807) is 0 Å². The summed E-state index contributed by atoms with van der Waals surface area (Å²) in [5.74, 6) is 1.61. The Labute approximate surface area is 170 Å². The minimum Gasteiger partial charge on any atom is -0.356 e. The van der Waals surface area contributed by atoms with Crippen LogP contribution in [-0.4, -0.2) is 43.6 Å². The van der Waals surface area contributed by atoms with Crippen molar-refractivity contribution in [3.8, 4) is 0 Å². The molecule has 0 aliphatic carbocycles. The number of halogens is 1. The number of aliphatic imine (C=N–C) groups is 1. The highest BCUT2D eigenvalue weighted by molar-refractivity contribution is 14.0. The zero-order valence-corrected chi connectivity index (χ0v) is 18.8. The lowest BCUT2D eigenvalue weighted by Gasteiger charge is -2.35. The molecule has 1 unspecified atom stereocenters. The maximum atomic E-state index is 4.37. The molecule has 0 spiro atoms. The van der Waals surface area contributed by atoms with Crippen molar-refractivity contribution in [2.75, 3.05) is 26.7 Å². The molecule has 1 aliphatic rings. The van der Waals surface area contributed by atoms with Crippen molar-refractivity contribution in [2.24, 2.45) is 10.9 Å². The average Bonchev–Trinajstić information content (AvgIpc) is 2.56. The molecule has 0 amide bonds. The van der Waals surface area contributed by atoms with E-state index in [4.69, 9.17) is 0 Å². The zero-order valence-electron chi connectivity index (χ0n) is 16.4. The molecule has 2 rings (SSSR count). The third-order valence-electron chi connectivity index (χ3n) is 5.01. The van der Waals surface area contributed by atoms with Gasteiger partial charge in [0.25, 0.3) is 0 Å². The van der Waals surface area contributed by atoms with E-state index in [0.717, 1.165) is 19.0 Å². The molecule has 25 heavy (non-hydrogen) atoms. The van der Waals surface area contributed by atoms with Crippen molar-refractivity contribution >= 4 is 29.9 Å². The highest BCUT2D eigenvalue weighted by atomic mass is 127. The average molecular weight is 458 g/mol. The summed E-state index contributed by atoms with van der Waals surface area (Å²) >= 11 is 0. The fraction of sp³-hybridized carbons (Fsp3) is 0.650. The van der Waals surface area contributed by atoms with Crippen LogP contribution in [0.15, 0.2) is 23.2 Å². The molecule has 2 N–H and O–H groups in total. The third-order valence-corrected chi connectivity index (χ3v) is 5.01. The van der Waals surface area contributed by atoms with Gasteiger partial charge in [-0.2, -0.15) is 0 Å². The summed E-state index contributed by atoms with van der Waals surface area (Å²) in [4.78, 5) is 6.95. The summed E-state index contributed by atoms with van der Waals surface area (Å²) in [6.07, 6.45) is 2.61. The van der Waals surface area contributed by atoms with Gasteiger partial charge in [0.05, 0.1) is 0 Å². The summed E-state index contributed by atoms with van der Waals surface area (Å²) in [6.45, 7) is 13.1. The Morgan fingerprint density at radius 1 is 1.28 bits per heavy atom. The van der Waals surface area contributed by atoms with Gasteiger partial charge in [0.1, 0.15) is 0 Å². The monoisotopic (exact) mass is 458 g/mol. The molecule has 0 saturated carbocycles. The molecule has 0 radical (unpaired) electrons. The second kappa shape index (κ2) is 11.0. The normalized spacial score (nSPS) is 18.8. The Kier molecular flexibility index (Phi) is 9.79. The second-order valence-electron chi connectivity index (χ2n) is 7.33. The first-order valence-electron chi connectivity index (χ1n) is 9.24. The van der Waals surface area contributed by atoms with Gasteiger partial charge in [0.2, 0.25) is 0 Å². The summed E-state index contributed by atoms with van der Waals surface area (Å²) in [5, 5.41) is 6.96. The molecule has 1 saturated heterocycles. The Morgan fingerprint density at radius 2 is 2.04 bits per heavy atom. The molecule has 1 heterocycles. The van der Waals surface area contributed by atoms with Crippen molar-refractivity contribution < 1.29 is 0 Å². The van der Waals surface area contributed by atoms with E-state index in [1.807, 2.05) is 7.05 Å². The molecular weight excluding hydrogens is 423 g/mol. The number of hydrogen-bond donors (Lipinski definition) is 2. The zero-order chi connectivity index (χ0) is 17.5. The molecule has 5 heteroatoms. The highest BCUT2D eigenvalue weighted by Gasteiger charge is 2.21. The van der Waals surface area contributed by atoms with Crippen LogP contribution in [0.25, 0.3) is 0 Å². The van der Waals surface area contributed by atoms with Gasteiger partial charge >= 0.3 is 0 Å². The molecule has 4 nitrogen and oxygen atoms in total. The fourth-order valence-electron chi connectivity index (χ4n) is 3.42. The first-order chi connectivity index (χ1) is 11.5. The van der Waals surface area contributed by atoms with Crippen molar-refractivity contribution in [2.45, 2.75) is 53.1 Å². The summed E-state index contributed by atoms with van der Waals surface area (Å²) in [7, 11) is 1.85. The topological polar surface area (TPSA) is 39.7 Å². The molecule has 1 atom stereocenters. The summed E-state index contributed by atoms with van der Waals surface area (Å²) in [6, 6.07) is 7.25. The molecule has 1 aromatic rings. The largest absolute Gasteiger partial charge is 0.356 e. The van der Waals surface area contributed by atoms with E-state index >= 15 is 0 Å². The summed E-state index contributed by atoms with van der Waals surface area (Å²) < 4.78 is 0. The Morgan fingerprint density at radius 3 is 2.68 bits per heavy atom. The first-order valence-corrected chi connectivity index (χ1v) is 9.24. The number of likely N-dealkylation sites (tertiary alicyclic amines) is 1. The smallest absolute Gasteiger partial charge is 0.191 e. The van der Waals surface area contributed by atoms with Crippen molar-refractivity contribution in [3.05, 3.63) is 34.9 Å². The molecule has 142 valence electrons. The third kappa shape index (κ3) is 7.13. The number of piperidine rings is 1. The molecular formula is C20H35IN4. The Hall–Kier alpha value is -0.820. The van der Waals surface area contributed by atoms with Gasteiger partial charge in [-0.15, -0.1) is 24.0 Å². The van der Waals surface area contributed by atoms with Gasteiger partial charge in [-0.1, -0.05) is 23.8 Å². The molecule has 1 aromatic carbocycles. The Bertz CT molecular complexity index is 557. The predicted octanol–water partition coefficient (Wildman–Crippen LogP) is 3.71. The van der Waals surface area contributed by atoms with Gasteiger partial charge in [0.15, 0.2) is 5.96 Å². The number of aryl methyl sites for hydroxylation is 2. The van der Waals surface area contributed by atoms with E-state index in [2.05, 4.69) is 66.4 Å². The van der Waals surface area contributed by atoms with Gasteiger partial charge in [-0.3, -0.25) is 4.99 Å². The number of guanidine groups is 1. The number of benzene rings is 1. The minimum absolute atomic E-state index is 0. The fourth-order valence-corrected chi connectivity index (χ4v) is 3.42. The SMILES string of the molecule is CN=C(NCc1ccc(C)cc1C)NCC1CCCN(C(C)C)C1.I. The van der Waals surface area contributed by atoms with Gasteiger partial charge < -0.3 is 15.5 Å². The predicted molar refractivity (Wildman–Crippen MR) is 119 cm³/mol. The molecule has 1 fully saturated rings. The highest BCUT2D eigenvalue weighted by Crippen LogP contribution is 2.17. The van der Waals surface area contributed by atoms with Gasteiger partial charge in [0, 0.05) is 32.7 Å². The number of rotatable bonds is 5. The van der Waals surface area contributed by atoms with Crippen LogP contribution in [0.4, 0.5) is 0 Å². The van der Waals surface area contributed by atoms with E-state index < -0.39 is 0 Å². The van der Waals surface area contributed by atoms with Crippen molar-refractivity contribution in [3.63, 3.8) is 0 Å². The standard InChI is InChI=1S/C20H34N4.HI/c1-15(2)24-10-6-7-18(14-24)12-22-20(21-5)23-13-19-9-8-16(3)11-17(19)4;/h8-9,11,15,18H,6-7,10,12-14H2,1-5H3,(H2,21,22,23);1H. The maximum absolute atomic E-state index is 4.37. The molecule has 1 aliphatic heterocycles. The quantitative estimate of drug-likeness (QED) is 0.402. The lowest BCUT2D eigenvalue weighted by atomic mass is 9.97. The van der Waals surface area contributed by atoms with E-state index in [1.165, 1.54) is 42.6 Å². The lowest BCUT2D eigenvalue weighted by molar-refractivity contribution is 0.141. The molecule has 0 aromatic heterocycles. The van der Waals surface area contributed by atoms with Crippen LogP contribution in [-0.2, 0) is 6.54 Å². The van der Waals surface area contributed by atoms with Gasteiger partial charge in [-0.25, -0.2) is 0 Å². The number of nitrogens with one attached hydrogen (secondary N) is 2. The Balaban J connectivity index is 0.00000312. The number of hydrogen-bond acceptors (Lipinski definition) is 2. The number of nitrogens with zero attached hydrogens (tertiary/aromatic N) is 2. The minimum atomic E-state index is 0. The lowest BCUT2D eigenvalue weighted by Crippen LogP contribution is -2.46. The van der Waals surface area contributed by atoms with E-state index in [-0.39, 0.29) is 24.0 Å². The van der Waals surface area contributed by atoms with Crippen molar-refractivity contribution in [1.82, 2.24) is 15.5 Å². The van der Waals surface area contributed by atoms with Crippen LogP contribution in [0.5, 0.6) is 0 Å². The van der Waals surface area contributed by atoms with Crippen LogP contribution in [0.3, 0.4) is 0 Å². The molecule has 0 bridgehead atoms. The van der Waals surface area contributed by atoms with Crippen LogP contribution in [0.1, 0.15) is 43.4 Å². The van der Waals surface area contributed by atoms with E-state index in [0.29, 0.717) is 12.0 Å². The van der Waals surface area contributed by atoms with Crippen LogP contribution < -0.4 is 10.6 Å². The van der Waals surface area contributed by atoms with Gasteiger partial charge in [-0.05, 0) is 64.1 Å². The second-order valence-corrected chi connectivity index (χ2v) is 7.33. The van der Waals surface area contributed by atoms with Crippen LogP contribution in [0, 0.1) is 19.8 Å². The maximum Gasteiger partial charge on any atom is 0.191 e.